The molecule has 0 unspecified atom stereocenters. The van der Waals surface area contributed by atoms with E-state index in [4.69, 9.17) is 0 Å². The van der Waals surface area contributed by atoms with Crippen molar-refractivity contribution in [2.45, 2.75) is 19.6 Å². The molecule has 3 aromatic rings. The Balaban J connectivity index is 1.87. The van der Waals surface area contributed by atoms with Crippen molar-refractivity contribution >= 4 is 23.0 Å². The number of nitro groups is 1. The summed E-state index contributed by atoms with van der Waals surface area (Å²) in [5.41, 5.74) is 0.644. The van der Waals surface area contributed by atoms with Crippen molar-refractivity contribution in [3.63, 3.8) is 0 Å². The first-order valence-corrected chi connectivity index (χ1v) is 8.47. The first-order chi connectivity index (χ1) is 13.7. The van der Waals surface area contributed by atoms with Gasteiger partial charge in [-0.05, 0) is 30.7 Å². The molecule has 10 heteroatoms. The van der Waals surface area contributed by atoms with Crippen LogP contribution in [0.2, 0.25) is 0 Å². The van der Waals surface area contributed by atoms with Crippen LogP contribution in [-0.4, -0.2) is 14.9 Å². The van der Waals surface area contributed by atoms with Gasteiger partial charge in [0.15, 0.2) is 0 Å². The Bertz CT molecular complexity index is 1020. The van der Waals surface area contributed by atoms with Gasteiger partial charge in [0.2, 0.25) is 11.6 Å². The number of nitrogens with one attached hydrogen (secondary N) is 2. The lowest BCUT2D eigenvalue weighted by atomic mass is 10.1. The molecule has 150 valence electrons. The molecule has 0 aliphatic heterocycles. The van der Waals surface area contributed by atoms with Gasteiger partial charge < -0.3 is 10.6 Å². The van der Waals surface area contributed by atoms with E-state index < -0.39 is 22.4 Å². The van der Waals surface area contributed by atoms with Crippen molar-refractivity contribution < 1.29 is 18.1 Å². The topological polar surface area (TPSA) is 93.0 Å². The van der Waals surface area contributed by atoms with Gasteiger partial charge in [0.1, 0.15) is 6.33 Å². The summed E-state index contributed by atoms with van der Waals surface area (Å²) in [6.45, 7) is 2.22. The van der Waals surface area contributed by atoms with E-state index in [1.54, 1.807) is 0 Å². The summed E-state index contributed by atoms with van der Waals surface area (Å²) in [7, 11) is 0. The average molecular weight is 403 g/mol. The summed E-state index contributed by atoms with van der Waals surface area (Å²) in [6, 6.07) is 11.9. The molecule has 0 fully saturated rings. The van der Waals surface area contributed by atoms with Crippen LogP contribution in [0.4, 0.5) is 36.2 Å². The number of nitrogens with zero attached hydrogens (tertiary/aromatic N) is 3. The van der Waals surface area contributed by atoms with Crippen molar-refractivity contribution in [3.05, 3.63) is 81.7 Å². The maximum absolute atomic E-state index is 12.9. The van der Waals surface area contributed by atoms with E-state index in [-0.39, 0.29) is 23.9 Å². The number of anilines is 3. The van der Waals surface area contributed by atoms with Gasteiger partial charge in [0.25, 0.3) is 0 Å². The predicted octanol–water partition coefficient (Wildman–Crippen LogP) is 5.07. The van der Waals surface area contributed by atoms with Crippen LogP contribution in [-0.2, 0) is 12.7 Å². The van der Waals surface area contributed by atoms with E-state index in [1.807, 2.05) is 31.2 Å². The molecule has 0 bridgehead atoms. The summed E-state index contributed by atoms with van der Waals surface area (Å²) >= 11 is 0. The molecule has 0 amide bonds. The van der Waals surface area contributed by atoms with Crippen LogP contribution in [0.1, 0.15) is 16.7 Å². The fourth-order valence-electron chi connectivity index (χ4n) is 2.57. The largest absolute Gasteiger partial charge is 0.416 e. The van der Waals surface area contributed by atoms with E-state index in [0.29, 0.717) is 0 Å². The highest BCUT2D eigenvalue weighted by atomic mass is 19.4. The monoisotopic (exact) mass is 403 g/mol. The molecule has 2 N–H and O–H groups in total. The number of alkyl halides is 3. The van der Waals surface area contributed by atoms with E-state index >= 15 is 0 Å². The normalized spacial score (nSPS) is 11.2. The SMILES string of the molecule is Cc1ccc(CNc2ncnc(Nc3cccc(C(F)(F)F)c3)c2[N+](=O)[O-])cc1. The van der Waals surface area contributed by atoms with Gasteiger partial charge in [-0.1, -0.05) is 35.9 Å². The molecular weight excluding hydrogens is 387 g/mol. The first kappa shape index (κ1) is 20.1. The molecule has 0 radical (unpaired) electrons. The molecule has 29 heavy (non-hydrogen) atoms. The van der Waals surface area contributed by atoms with Crippen LogP contribution in [0.25, 0.3) is 0 Å². The van der Waals surface area contributed by atoms with Crippen LogP contribution >= 0.6 is 0 Å². The molecule has 0 saturated heterocycles. The third kappa shape index (κ3) is 4.98. The Morgan fingerprint density at radius 2 is 1.76 bits per heavy atom. The minimum atomic E-state index is -4.53. The fraction of sp³-hybridized carbons (Fsp3) is 0.158. The highest BCUT2D eigenvalue weighted by Gasteiger charge is 2.31. The molecular formula is C19H16F3N5O2. The number of aryl methyl sites for hydroxylation is 1. The summed E-state index contributed by atoms with van der Waals surface area (Å²) in [6.07, 6.45) is -3.43. The van der Waals surface area contributed by atoms with Gasteiger partial charge in [-0.15, -0.1) is 0 Å². The molecule has 1 aromatic heterocycles. The van der Waals surface area contributed by atoms with Crippen molar-refractivity contribution in [1.82, 2.24) is 9.97 Å². The Kier molecular flexibility index (Phi) is 5.62. The number of halogens is 3. The zero-order chi connectivity index (χ0) is 21.0. The summed E-state index contributed by atoms with van der Waals surface area (Å²) < 4.78 is 38.7. The van der Waals surface area contributed by atoms with Crippen molar-refractivity contribution in [2.75, 3.05) is 10.6 Å². The molecule has 7 nitrogen and oxygen atoms in total. The van der Waals surface area contributed by atoms with E-state index in [1.165, 1.54) is 12.1 Å². The zero-order valence-electron chi connectivity index (χ0n) is 15.2. The van der Waals surface area contributed by atoms with Gasteiger partial charge in [-0.25, -0.2) is 9.97 Å². The summed E-state index contributed by atoms with van der Waals surface area (Å²) in [4.78, 5) is 18.6. The van der Waals surface area contributed by atoms with E-state index in [9.17, 15) is 23.3 Å². The third-order valence-electron chi connectivity index (χ3n) is 4.04. The highest BCUT2D eigenvalue weighted by Crippen LogP contribution is 2.34. The Hall–Kier alpha value is -3.69. The predicted molar refractivity (Wildman–Crippen MR) is 102 cm³/mol. The molecule has 2 aromatic carbocycles. The van der Waals surface area contributed by atoms with Gasteiger partial charge in [-0.3, -0.25) is 10.1 Å². The second-order valence-electron chi connectivity index (χ2n) is 6.22. The molecule has 3 rings (SSSR count). The van der Waals surface area contributed by atoms with Crippen LogP contribution in [0, 0.1) is 17.0 Å². The quantitative estimate of drug-likeness (QED) is 0.441. The molecule has 0 aliphatic carbocycles. The summed E-state index contributed by atoms with van der Waals surface area (Å²) in [5.74, 6) is -0.254. The average Bonchev–Trinajstić information content (AvgIpc) is 2.67. The molecule has 0 spiro atoms. The van der Waals surface area contributed by atoms with E-state index in [2.05, 4.69) is 20.6 Å². The lowest BCUT2D eigenvalue weighted by molar-refractivity contribution is -0.383. The lowest BCUT2D eigenvalue weighted by Gasteiger charge is -2.12. The minimum absolute atomic E-state index is 0.0195. The lowest BCUT2D eigenvalue weighted by Crippen LogP contribution is -2.09. The van der Waals surface area contributed by atoms with Gasteiger partial charge >= 0.3 is 11.9 Å². The van der Waals surface area contributed by atoms with Crippen molar-refractivity contribution in [1.29, 1.82) is 0 Å². The smallest absolute Gasteiger partial charge is 0.360 e. The van der Waals surface area contributed by atoms with E-state index in [0.717, 1.165) is 29.6 Å². The summed E-state index contributed by atoms with van der Waals surface area (Å²) in [5, 5.41) is 17.0. The van der Waals surface area contributed by atoms with Crippen LogP contribution in [0.5, 0.6) is 0 Å². The van der Waals surface area contributed by atoms with Gasteiger partial charge in [0, 0.05) is 12.2 Å². The van der Waals surface area contributed by atoms with Crippen LogP contribution in [0.3, 0.4) is 0 Å². The van der Waals surface area contributed by atoms with Gasteiger partial charge in [0.05, 0.1) is 10.5 Å². The third-order valence-corrected chi connectivity index (χ3v) is 4.04. The second-order valence-corrected chi connectivity index (χ2v) is 6.22. The molecule has 0 atom stereocenters. The number of hydrogen-bond acceptors (Lipinski definition) is 6. The standard InChI is InChI=1S/C19H16F3N5O2/c1-12-5-7-13(8-6-12)10-23-17-16(27(28)29)18(25-11-24-17)26-15-4-2-3-14(9-15)19(20,21)22/h2-9,11H,10H2,1H3,(H2,23,24,25,26). The highest BCUT2D eigenvalue weighted by molar-refractivity contribution is 5.73. The maximum Gasteiger partial charge on any atom is 0.416 e. The molecule has 1 heterocycles. The maximum atomic E-state index is 12.9. The second kappa shape index (κ2) is 8.13. The Morgan fingerprint density at radius 1 is 1.07 bits per heavy atom. The molecule has 0 saturated carbocycles. The van der Waals surface area contributed by atoms with Crippen LogP contribution in [0.15, 0.2) is 54.9 Å². The number of aromatic nitrogens is 2. The first-order valence-electron chi connectivity index (χ1n) is 8.47. The number of rotatable bonds is 6. The van der Waals surface area contributed by atoms with Gasteiger partial charge in [-0.2, -0.15) is 13.2 Å². The van der Waals surface area contributed by atoms with Crippen LogP contribution < -0.4 is 10.6 Å². The Morgan fingerprint density at radius 3 is 2.41 bits per heavy atom. The zero-order valence-corrected chi connectivity index (χ0v) is 15.2. The number of benzene rings is 2. The molecule has 0 aliphatic rings. The minimum Gasteiger partial charge on any atom is -0.360 e. The van der Waals surface area contributed by atoms with Crippen molar-refractivity contribution in [2.24, 2.45) is 0 Å². The Labute approximate surface area is 163 Å². The fourth-order valence-corrected chi connectivity index (χ4v) is 2.57. The van der Waals surface area contributed by atoms with Crippen molar-refractivity contribution in [3.8, 4) is 0 Å². The number of hydrogen-bond donors (Lipinski definition) is 2.